The van der Waals surface area contributed by atoms with Crippen LogP contribution in [0.15, 0.2) is 46.0 Å². The first kappa shape index (κ1) is 19.7. The Bertz CT molecular complexity index is 1130. The summed E-state index contributed by atoms with van der Waals surface area (Å²) in [5.41, 5.74) is 4.02. The molecule has 0 saturated carbocycles. The molecular weight excluding hydrogens is 406 g/mol. The van der Waals surface area contributed by atoms with E-state index >= 15 is 0 Å². The Labute approximate surface area is 178 Å². The van der Waals surface area contributed by atoms with Crippen molar-refractivity contribution in [1.29, 1.82) is 5.41 Å². The monoisotopic (exact) mass is 425 g/mol. The van der Waals surface area contributed by atoms with Crippen molar-refractivity contribution < 1.29 is 4.79 Å². The van der Waals surface area contributed by atoms with E-state index in [2.05, 4.69) is 21.6 Å². The fourth-order valence-corrected chi connectivity index (χ4v) is 4.62. The maximum absolute atomic E-state index is 12.6. The number of aromatic nitrogens is 1. The number of hydrogen-bond donors (Lipinski definition) is 1. The molecule has 2 aliphatic heterocycles. The highest BCUT2D eigenvalue weighted by Gasteiger charge is 2.35. The van der Waals surface area contributed by atoms with Crippen molar-refractivity contribution in [3.8, 4) is 5.69 Å². The number of hydrazone groups is 1. The Morgan fingerprint density at radius 3 is 2.79 bits per heavy atom. The van der Waals surface area contributed by atoms with Crippen molar-refractivity contribution >= 4 is 51.4 Å². The number of carbonyl (C=O) groups is 1. The summed E-state index contributed by atoms with van der Waals surface area (Å²) in [6.45, 7) is 6.05. The van der Waals surface area contributed by atoms with E-state index in [4.69, 9.17) is 17.0 Å². The molecule has 3 heterocycles. The minimum Gasteiger partial charge on any atom is -0.318 e. The van der Waals surface area contributed by atoms with Crippen molar-refractivity contribution in [3.05, 3.63) is 57.9 Å². The van der Waals surface area contributed by atoms with E-state index < -0.39 is 5.91 Å². The van der Waals surface area contributed by atoms with Gasteiger partial charge < -0.3 is 4.57 Å². The molecule has 0 radical (unpaired) electrons. The molecule has 1 aromatic heterocycles. The van der Waals surface area contributed by atoms with Crippen molar-refractivity contribution in [2.24, 2.45) is 10.1 Å². The number of carbonyl (C=O) groups excluding carboxylic acids is 1. The number of halogens is 1. The molecule has 2 aromatic rings. The van der Waals surface area contributed by atoms with E-state index in [0.717, 1.165) is 40.5 Å². The van der Waals surface area contributed by atoms with Gasteiger partial charge in [-0.25, -0.2) is 0 Å². The Balaban J connectivity index is 1.73. The lowest BCUT2D eigenvalue weighted by atomic mass is 10.1. The number of hydrogen-bond acceptors (Lipinski definition) is 4. The van der Waals surface area contributed by atoms with E-state index in [0.29, 0.717) is 10.2 Å². The van der Waals surface area contributed by atoms with E-state index in [-0.39, 0.29) is 11.4 Å². The van der Waals surface area contributed by atoms with Gasteiger partial charge >= 0.3 is 0 Å². The zero-order valence-corrected chi connectivity index (χ0v) is 17.9. The van der Waals surface area contributed by atoms with Gasteiger partial charge in [-0.3, -0.25) is 10.2 Å². The lowest BCUT2D eigenvalue weighted by Crippen LogP contribution is -2.35. The summed E-state index contributed by atoms with van der Waals surface area (Å²) in [5, 5.41) is 16.4. The molecule has 1 N–H and O–H groups in total. The van der Waals surface area contributed by atoms with Gasteiger partial charge in [-0.15, -0.1) is 0 Å². The summed E-state index contributed by atoms with van der Waals surface area (Å²) >= 11 is 7.52. The molecule has 2 aliphatic rings. The van der Waals surface area contributed by atoms with Crippen molar-refractivity contribution in [2.75, 3.05) is 0 Å². The van der Waals surface area contributed by atoms with Crippen LogP contribution in [0.2, 0.25) is 5.02 Å². The number of amides is 1. The molecule has 0 saturated heterocycles. The van der Waals surface area contributed by atoms with Crippen LogP contribution in [0.4, 0.5) is 0 Å². The third-order valence-electron chi connectivity index (χ3n) is 4.80. The number of aryl methyl sites for hydroxylation is 1. The zero-order valence-electron chi connectivity index (χ0n) is 16.4. The Morgan fingerprint density at radius 2 is 2.07 bits per heavy atom. The second-order valence-corrected chi connectivity index (χ2v) is 8.38. The van der Waals surface area contributed by atoms with Crippen LogP contribution in [0.3, 0.4) is 0 Å². The number of nitrogens with zero attached hydrogens (tertiary/aromatic N) is 4. The normalized spacial score (nSPS) is 17.7. The molecule has 8 heteroatoms. The van der Waals surface area contributed by atoms with E-state index in [1.54, 1.807) is 6.08 Å². The second-order valence-electron chi connectivity index (χ2n) is 6.91. The zero-order chi connectivity index (χ0) is 20.7. The van der Waals surface area contributed by atoms with Crippen LogP contribution in [0.25, 0.3) is 11.8 Å². The Morgan fingerprint density at radius 1 is 1.28 bits per heavy atom. The average Bonchev–Trinajstić information content (AvgIpc) is 3.19. The SMILES string of the molecule is CCCC1=NN2C(=N)/C(=C/c3cc(C)n(-c4cccc(Cl)c4)c3C)C(=O)N=C2S1. The van der Waals surface area contributed by atoms with Gasteiger partial charge in [0.15, 0.2) is 5.84 Å². The van der Waals surface area contributed by atoms with Crippen molar-refractivity contribution in [1.82, 2.24) is 9.58 Å². The van der Waals surface area contributed by atoms with Gasteiger partial charge in [0.05, 0.1) is 5.57 Å². The summed E-state index contributed by atoms with van der Waals surface area (Å²) < 4.78 is 2.08. The highest BCUT2D eigenvalue weighted by molar-refractivity contribution is 8.26. The summed E-state index contributed by atoms with van der Waals surface area (Å²) in [4.78, 5) is 16.8. The number of fused-ring (bicyclic) bond motifs is 1. The third-order valence-corrected chi connectivity index (χ3v) is 6.00. The van der Waals surface area contributed by atoms with E-state index in [9.17, 15) is 4.79 Å². The fourth-order valence-electron chi connectivity index (χ4n) is 3.45. The first-order valence-corrected chi connectivity index (χ1v) is 10.5. The molecule has 4 rings (SSSR count). The van der Waals surface area contributed by atoms with Gasteiger partial charge in [-0.05, 0) is 74.4 Å². The Kier molecular flexibility index (Phi) is 5.19. The molecule has 0 spiro atoms. The van der Waals surface area contributed by atoms with Crippen LogP contribution in [0.1, 0.15) is 36.7 Å². The molecular formula is C21H20ClN5OS. The smallest absolute Gasteiger partial charge is 0.283 e. The lowest BCUT2D eigenvalue weighted by Gasteiger charge is -2.20. The quantitative estimate of drug-likeness (QED) is 0.687. The molecule has 0 fully saturated rings. The lowest BCUT2D eigenvalue weighted by molar-refractivity contribution is -0.114. The number of amidine groups is 2. The molecule has 148 valence electrons. The van der Waals surface area contributed by atoms with E-state index in [1.165, 1.54) is 16.8 Å². The number of thioether (sulfide) groups is 1. The van der Waals surface area contributed by atoms with Crippen LogP contribution >= 0.6 is 23.4 Å². The molecule has 0 bridgehead atoms. The third kappa shape index (κ3) is 3.56. The van der Waals surface area contributed by atoms with Crippen LogP contribution < -0.4 is 0 Å². The summed E-state index contributed by atoms with van der Waals surface area (Å²) in [5.74, 6) is -0.347. The first-order valence-electron chi connectivity index (χ1n) is 9.33. The van der Waals surface area contributed by atoms with Gasteiger partial charge in [0.25, 0.3) is 5.91 Å². The number of benzene rings is 1. The predicted molar refractivity (Wildman–Crippen MR) is 120 cm³/mol. The second kappa shape index (κ2) is 7.65. The Hall–Kier alpha value is -2.64. The standard InChI is InChI=1S/C21H20ClN5OS/c1-4-6-18-25-27-19(23)17(20(28)24-21(27)29-18)10-14-9-12(2)26(13(14)3)16-8-5-7-15(22)11-16/h5,7-11,23H,4,6H2,1-3H3/b17-10-,23-19?. The first-order chi connectivity index (χ1) is 13.9. The van der Waals surface area contributed by atoms with Crippen molar-refractivity contribution in [3.63, 3.8) is 0 Å². The number of aliphatic imine (C=N–C) groups is 1. The van der Waals surface area contributed by atoms with Crippen LogP contribution in [0, 0.1) is 19.3 Å². The van der Waals surface area contributed by atoms with Gasteiger partial charge in [0.1, 0.15) is 5.04 Å². The summed E-state index contributed by atoms with van der Waals surface area (Å²) in [7, 11) is 0. The number of nitrogens with one attached hydrogen (secondary N) is 1. The minimum atomic E-state index is -0.408. The van der Waals surface area contributed by atoms with Crippen LogP contribution in [-0.4, -0.2) is 31.5 Å². The topological polar surface area (TPSA) is 73.8 Å². The van der Waals surface area contributed by atoms with E-state index in [1.807, 2.05) is 44.2 Å². The van der Waals surface area contributed by atoms with Gasteiger partial charge in [-0.2, -0.15) is 15.1 Å². The van der Waals surface area contributed by atoms with Gasteiger partial charge in [0.2, 0.25) is 5.17 Å². The molecule has 0 atom stereocenters. The van der Waals surface area contributed by atoms with Gasteiger partial charge in [-0.1, -0.05) is 24.6 Å². The van der Waals surface area contributed by atoms with Crippen LogP contribution in [-0.2, 0) is 4.79 Å². The summed E-state index contributed by atoms with van der Waals surface area (Å²) in [6.07, 6.45) is 3.49. The molecule has 1 amide bonds. The highest BCUT2D eigenvalue weighted by Crippen LogP contribution is 2.31. The number of rotatable bonds is 4. The van der Waals surface area contributed by atoms with Gasteiger partial charge in [0, 0.05) is 22.1 Å². The molecule has 0 aliphatic carbocycles. The molecule has 0 unspecified atom stereocenters. The fraction of sp³-hybridized carbons (Fsp3) is 0.238. The maximum atomic E-state index is 12.6. The average molecular weight is 426 g/mol. The largest absolute Gasteiger partial charge is 0.318 e. The van der Waals surface area contributed by atoms with Crippen molar-refractivity contribution in [2.45, 2.75) is 33.6 Å². The molecule has 6 nitrogen and oxygen atoms in total. The highest BCUT2D eigenvalue weighted by atomic mass is 35.5. The molecule has 1 aromatic carbocycles. The maximum Gasteiger partial charge on any atom is 0.283 e. The summed E-state index contributed by atoms with van der Waals surface area (Å²) in [6, 6.07) is 9.61. The molecule has 29 heavy (non-hydrogen) atoms. The predicted octanol–water partition coefficient (Wildman–Crippen LogP) is 5.17. The van der Waals surface area contributed by atoms with Crippen LogP contribution in [0.5, 0.6) is 0 Å². The minimum absolute atomic E-state index is 0.0613.